The monoisotopic (exact) mass is 949 g/mol. The van der Waals surface area contributed by atoms with Crippen LogP contribution in [0, 0.1) is 0 Å². The van der Waals surface area contributed by atoms with E-state index in [1.165, 1.54) is 148 Å². The van der Waals surface area contributed by atoms with Crippen LogP contribution in [0.15, 0.2) is 72.9 Å². The lowest BCUT2D eigenvalue weighted by Crippen LogP contribution is -2.30. The number of unbranched alkanes of at least 4 members (excludes halogenated alkanes) is 29. The third-order valence-corrected chi connectivity index (χ3v) is 12.4. The van der Waals surface area contributed by atoms with Gasteiger partial charge in [0.15, 0.2) is 6.10 Å². The van der Waals surface area contributed by atoms with Gasteiger partial charge in [-0.1, -0.05) is 248 Å². The van der Waals surface area contributed by atoms with Gasteiger partial charge in [0, 0.05) is 19.3 Å². The summed E-state index contributed by atoms with van der Waals surface area (Å²) in [5.41, 5.74) is 0. The largest absolute Gasteiger partial charge is 0.462 e. The standard InChI is InChI=1S/C62H108O6/c1-4-7-10-13-16-19-22-25-28-30-32-34-37-40-43-46-49-52-55-61(64)67-58-59(57-66-60(63)54-51-48-45-42-39-36-33-27-24-21-18-15-12-9-6-3)68-62(65)56-53-50-47-44-41-38-35-31-29-26-23-20-17-14-11-8-5-2/h17-18,20-21,26-27,29,33,35,38,44,47,59H,4-16,19,22-25,28,30-32,34,36-37,39-43,45-46,48-58H2,1-3H3/b20-17+,21-18+,29-26+,33-27+,38-35+,47-44+/t59-/m1/s1. The van der Waals surface area contributed by atoms with Gasteiger partial charge in [-0.2, -0.15) is 0 Å². The van der Waals surface area contributed by atoms with Crippen molar-refractivity contribution >= 4 is 17.9 Å². The molecule has 6 heteroatoms. The highest BCUT2D eigenvalue weighted by Crippen LogP contribution is 2.16. The fraction of sp³-hybridized carbons (Fsp3) is 0.758. The van der Waals surface area contributed by atoms with Crippen molar-refractivity contribution in [1.29, 1.82) is 0 Å². The lowest BCUT2D eigenvalue weighted by molar-refractivity contribution is -0.167. The second-order valence-corrected chi connectivity index (χ2v) is 19.2. The molecule has 68 heavy (non-hydrogen) atoms. The Kier molecular flexibility index (Phi) is 53.8. The van der Waals surface area contributed by atoms with Gasteiger partial charge in [-0.15, -0.1) is 0 Å². The van der Waals surface area contributed by atoms with E-state index in [-0.39, 0.29) is 37.5 Å². The van der Waals surface area contributed by atoms with Crippen LogP contribution >= 0.6 is 0 Å². The number of carbonyl (C=O) groups excluding carboxylic acids is 3. The van der Waals surface area contributed by atoms with Crippen molar-refractivity contribution in [2.24, 2.45) is 0 Å². The van der Waals surface area contributed by atoms with Crippen LogP contribution in [-0.2, 0) is 28.6 Å². The summed E-state index contributed by atoms with van der Waals surface area (Å²) in [6.45, 7) is 6.55. The first-order valence-electron chi connectivity index (χ1n) is 28.9. The normalized spacial score (nSPS) is 12.6. The second-order valence-electron chi connectivity index (χ2n) is 19.2. The predicted molar refractivity (Wildman–Crippen MR) is 293 cm³/mol. The van der Waals surface area contributed by atoms with Gasteiger partial charge < -0.3 is 14.2 Å². The van der Waals surface area contributed by atoms with Crippen molar-refractivity contribution < 1.29 is 28.6 Å². The average Bonchev–Trinajstić information content (AvgIpc) is 3.34. The van der Waals surface area contributed by atoms with Crippen molar-refractivity contribution in [2.45, 2.75) is 290 Å². The van der Waals surface area contributed by atoms with E-state index in [0.29, 0.717) is 19.3 Å². The van der Waals surface area contributed by atoms with Gasteiger partial charge in [0.2, 0.25) is 0 Å². The summed E-state index contributed by atoms with van der Waals surface area (Å²) in [7, 11) is 0. The minimum absolute atomic E-state index is 0.0994. The maximum Gasteiger partial charge on any atom is 0.306 e. The molecular formula is C62H108O6. The molecule has 0 aliphatic rings. The van der Waals surface area contributed by atoms with Gasteiger partial charge in [0.1, 0.15) is 13.2 Å². The highest BCUT2D eigenvalue weighted by molar-refractivity contribution is 5.71. The molecule has 0 aromatic heterocycles. The van der Waals surface area contributed by atoms with Crippen LogP contribution in [0.25, 0.3) is 0 Å². The molecule has 0 spiro atoms. The molecule has 1 atom stereocenters. The molecule has 0 aliphatic carbocycles. The average molecular weight is 950 g/mol. The van der Waals surface area contributed by atoms with Crippen molar-refractivity contribution in [3.63, 3.8) is 0 Å². The van der Waals surface area contributed by atoms with Gasteiger partial charge in [0.25, 0.3) is 0 Å². The number of allylic oxidation sites excluding steroid dienone is 12. The predicted octanol–water partition coefficient (Wildman–Crippen LogP) is 19.4. The molecule has 0 aromatic rings. The molecule has 0 fully saturated rings. The van der Waals surface area contributed by atoms with E-state index in [9.17, 15) is 14.4 Å². The molecule has 0 rings (SSSR count). The summed E-state index contributed by atoms with van der Waals surface area (Å²) in [6, 6.07) is 0. The molecule has 0 saturated carbocycles. The van der Waals surface area contributed by atoms with E-state index in [4.69, 9.17) is 14.2 Å². The third-order valence-electron chi connectivity index (χ3n) is 12.4. The minimum Gasteiger partial charge on any atom is -0.462 e. The van der Waals surface area contributed by atoms with E-state index < -0.39 is 6.10 Å². The van der Waals surface area contributed by atoms with Crippen molar-refractivity contribution in [3.8, 4) is 0 Å². The van der Waals surface area contributed by atoms with Gasteiger partial charge in [0.05, 0.1) is 0 Å². The molecule has 6 nitrogen and oxygen atoms in total. The quantitative estimate of drug-likeness (QED) is 0.0262. The molecule has 0 bridgehead atoms. The van der Waals surface area contributed by atoms with Gasteiger partial charge in [-0.05, 0) is 89.9 Å². The third kappa shape index (κ3) is 53.8. The van der Waals surface area contributed by atoms with Crippen LogP contribution in [0.2, 0.25) is 0 Å². The lowest BCUT2D eigenvalue weighted by atomic mass is 10.0. The lowest BCUT2D eigenvalue weighted by Gasteiger charge is -2.18. The smallest absolute Gasteiger partial charge is 0.306 e. The van der Waals surface area contributed by atoms with Crippen LogP contribution in [0.5, 0.6) is 0 Å². The SMILES string of the molecule is CCCCC/C=C/C/C=C/C/C=C/C/C=C/CCCC(=O)O[C@H](COC(=O)CCCCCCC/C=C/C/C=C/CCCCC)COC(=O)CCCCCCCCCCCCCCCCCCCC. The number of hydrogen-bond donors (Lipinski definition) is 0. The summed E-state index contributed by atoms with van der Waals surface area (Å²) in [5, 5.41) is 0. The molecule has 0 radical (unpaired) electrons. The number of carbonyl (C=O) groups is 3. The van der Waals surface area contributed by atoms with Crippen LogP contribution in [0.3, 0.4) is 0 Å². The first kappa shape index (κ1) is 64.8. The van der Waals surface area contributed by atoms with Crippen molar-refractivity contribution in [1.82, 2.24) is 0 Å². The first-order chi connectivity index (χ1) is 33.5. The molecule has 0 N–H and O–H groups in total. The summed E-state index contributed by atoms with van der Waals surface area (Å²) in [5.74, 6) is -0.961. The maximum absolute atomic E-state index is 12.8. The second kappa shape index (κ2) is 56.4. The summed E-state index contributed by atoms with van der Waals surface area (Å²) in [4.78, 5) is 38.1. The Labute approximate surface area is 421 Å². The Bertz CT molecular complexity index is 1270. The van der Waals surface area contributed by atoms with Crippen molar-refractivity contribution in [2.75, 3.05) is 13.2 Å². The van der Waals surface area contributed by atoms with Gasteiger partial charge >= 0.3 is 17.9 Å². The Morgan fingerprint density at radius 1 is 0.294 bits per heavy atom. The first-order valence-corrected chi connectivity index (χ1v) is 28.9. The topological polar surface area (TPSA) is 78.9 Å². The highest BCUT2D eigenvalue weighted by Gasteiger charge is 2.19. The Morgan fingerprint density at radius 2 is 0.544 bits per heavy atom. The van der Waals surface area contributed by atoms with Gasteiger partial charge in [-0.3, -0.25) is 14.4 Å². The molecule has 0 amide bonds. The maximum atomic E-state index is 12.8. The molecule has 0 unspecified atom stereocenters. The molecule has 0 saturated heterocycles. The van der Waals surface area contributed by atoms with Crippen LogP contribution in [0.4, 0.5) is 0 Å². The van der Waals surface area contributed by atoms with Crippen LogP contribution in [-0.4, -0.2) is 37.2 Å². The zero-order valence-corrected chi connectivity index (χ0v) is 44.9. The van der Waals surface area contributed by atoms with Crippen LogP contribution in [0.1, 0.15) is 284 Å². The van der Waals surface area contributed by atoms with E-state index in [1.54, 1.807) is 0 Å². The summed E-state index contributed by atoms with van der Waals surface area (Å²) in [6.07, 6.45) is 71.8. The molecule has 392 valence electrons. The molecular weight excluding hydrogens is 841 g/mol. The zero-order valence-electron chi connectivity index (χ0n) is 44.9. The summed E-state index contributed by atoms with van der Waals surface area (Å²) < 4.78 is 16.8. The zero-order chi connectivity index (χ0) is 49.3. The number of hydrogen-bond acceptors (Lipinski definition) is 6. The molecule has 0 aliphatic heterocycles. The number of rotatable bonds is 52. The van der Waals surface area contributed by atoms with E-state index in [0.717, 1.165) is 89.9 Å². The van der Waals surface area contributed by atoms with Gasteiger partial charge in [-0.25, -0.2) is 0 Å². The Balaban J connectivity index is 4.46. The molecule has 0 aromatic carbocycles. The number of esters is 3. The molecule has 0 heterocycles. The fourth-order valence-corrected chi connectivity index (χ4v) is 8.05. The van der Waals surface area contributed by atoms with E-state index in [2.05, 4.69) is 93.7 Å². The highest BCUT2D eigenvalue weighted by atomic mass is 16.6. The van der Waals surface area contributed by atoms with E-state index in [1.807, 2.05) is 0 Å². The number of ether oxygens (including phenoxy) is 3. The Hall–Kier alpha value is -3.15. The van der Waals surface area contributed by atoms with E-state index >= 15 is 0 Å². The van der Waals surface area contributed by atoms with Crippen LogP contribution < -0.4 is 0 Å². The Morgan fingerprint density at radius 3 is 0.897 bits per heavy atom. The minimum atomic E-state index is -0.808. The van der Waals surface area contributed by atoms with Crippen molar-refractivity contribution in [3.05, 3.63) is 72.9 Å². The fourth-order valence-electron chi connectivity index (χ4n) is 8.05. The summed E-state index contributed by atoms with van der Waals surface area (Å²) >= 11 is 0.